The molecule has 2 aliphatic carbocycles. The highest BCUT2D eigenvalue weighted by atomic mass is 16.5. The number of nitrogens with zero attached hydrogens (tertiary/aromatic N) is 4. The molecule has 0 saturated heterocycles. The molecule has 7 nitrogen and oxygen atoms in total. The number of ketones is 1. The Morgan fingerprint density at radius 1 is 1.31 bits per heavy atom. The van der Waals surface area contributed by atoms with Gasteiger partial charge >= 0.3 is 0 Å². The summed E-state index contributed by atoms with van der Waals surface area (Å²) in [5, 5.41) is 8.40. The fourth-order valence-corrected chi connectivity index (χ4v) is 4.06. The molecule has 1 atom stereocenters. The lowest BCUT2D eigenvalue weighted by atomic mass is 9.93. The molecule has 2 aromatic heterocycles. The number of hydrogen-bond acceptors (Lipinski definition) is 6. The molecule has 1 saturated carbocycles. The molecule has 0 bridgehead atoms. The lowest BCUT2D eigenvalue weighted by Gasteiger charge is -2.10. The lowest BCUT2D eigenvalue weighted by molar-refractivity contribution is 0.0973. The van der Waals surface area contributed by atoms with Crippen molar-refractivity contribution < 1.29 is 14.1 Å². The van der Waals surface area contributed by atoms with Crippen molar-refractivity contribution in [1.29, 1.82) is 0 Å². The van der Waals surface area contributed by atoms with Crippen molar-refractivity contribution in [3.8, 4) is 11.4 Å². The molecule has 0 aliphatic heterocycles. The van der Waals surface area contributed by atoms with Crippen molar-refractivity contribution in [2.75, 3.05) is 13.7 Å². The van der Waals surface area contributed by atoms with Gasteiger partial charge in [0.2, 0.25) is 11.7 Å². The van der Waals surface area contributed by atoms with Crippen LogP contribution >= 0.6 is 0 Å². The van der Waals surface area contributed by atoms with Crippen LogP contribution < -0.4 is 0 Å². The van der Waals surface area contributed by atoms with Crippen LogP contribution in [0.4, 0.5) is 0 Å². The van der Waals surface area contributed by atoms with Crippen molar-refractivity contribution in [2.45, 2.75) is 50.5 Å². The van der Waals surface area contributed by atoms with E-state index >= 15 is 0 Å². The summed E-state index contributed by atoms with van der Waals surface area (Å²) in [6.45, 7) is 1.23. The van der Waals surface area contributed by atoms with E-state index in [1.807, 2.05) is 12.3 Å². The van der Waals surface area contributed by atoms with Crippen LogP contribution in [0.5, 0.6) is 0 Å². The maximum absolute atomic E-state index is 12.7. The molecule has 0 unspecified atom stereocenters. The first-order valence-electron chi connectivity index (χ1n) is 10.2. The van der Waals surface area contributed by atoms with Crippen molar-refractivity contribution in [3.05, 3.63) is 53.2 Å². The van der Waals surface area contributed by atoms with Crippen LogP contribution in [-0.2, 0) is 17.7 Å². The molecular formula is C22H24N4O3. The van der Waals surface area contributed by atoms with Gasteiger partial charge in [0.05, 0.1) is 24.9 Å². The molecule has 1 aromatic carbocycles. The predicted octanol–water partition coefficient (Wildman–Crippen LogP) is 3.76. The Kier molecular flexibility index (Phi) is 4.75. The average molecular weight is 392 g/mol. The second-order valence-electron chi connectivity index (χ2n) is 7.99. The number of aryl methyl sites for hydroxylation is 1. The molecule has 2 heterocycles. The Morgan fingerprint density at radius 3 is 3.03 bits per heavy atom. The molecule has 29 heavy (non-hydrogen) atoms. The van der Waals surface area contributed by atoms with Crippen molar-refractivity contribution in [2.24, 2.45) is 0 Å². The minimum atomic E-state index is 0.142. The Hall–Kier alpha value is -2.80. The van der Waals surface area contributed by atoms with Crippen molar-refractivity contribution in [1.82, 2.24) is 19.9 Å². The first-order valence-corrected chi connectivity index (χ1v) is 10.2. The second kappa shape index (κ2) is 7.55. The first-order chi connectivity index (χ1) is 14.2. The maximum Gasteiger partial charge on any atom is 0.230 e. The highest BCUT2D eigenvalue weighted by Crippen LogP contribution is 2.41. The Bertz CT molecular complexity index is 1030. The number of ether oxygens (including phenoxy) is 1. The zero-order chi connectivity index (χ0) is 19.8. The zero-order valence-electron chi connectivity index (χ0n) is 16.5. The molecule has 150 valence electrons. The molecule has 5 rings (SSSR count). The van der Waals surface area contributed by atoms with Gasteiger partial charge < -0.3 is 9.26 Å². The number of Topliss-reactive ketones (excluding diaryl/α,β-unsaturated/α-hetero) is 1. The number of carbonyl (C=O) groups is 1. The third kappa shape index (κ3) is 3.74. The van der Waals surface area contributed by atoms with Crippen LogP contribution in [0, 0.1) is 0 Å². The molecule has 0 spiro atoms. The van der Waals surface area contributed by atoms with Crippen LogP contribution in [0.1, 0.15) is 64.9 Å². The largest absolute Gasteiger partial charge is 0.383 e. The highest BCUT2D eigenvalue weighted by Gasteiger charge is 2.30. The number of aromatic nitrogens is 4. The van der Waals surface area contributed by atoms with Gasteiger partial charge in [-0.25, -0.2) is 0 Å². The first kappa shape index (κ1) is 18.2. The SMILES string of the molecule is COCCn1cc(C(=O)C[C@@H]2CCc3cc(-c4noc(C5CC5)n4)ccc32)cn1. The van der Waals surface area contributed by atoms with E-state index in [2.05, 4.69) is 27.4 Å². The number of fused-ring (bicyclic) bond motifs is 1. The van der Waals surface area contributed by atoms with Gasteiger partial charge in [0, 0.05) is 31.2 Å². The highest BCUT2D eigenvalue weighted by molar-refractivity contribution is 5.96. The van der Waals surface area contributed by atoms with Gasteiger partial charge in [-0.1, -0.05) is 17.3 Å². The number of methoxy groups -OCH3 is 1. The molecule has 1 fully saturated rings. The summed E-state index contributed by atoms with van der Waals surface area (Å²) in [4.78, 5) is 17.3. The van der Waals surface area contributed by atoms with E-state index in [9.17, 15) is 4.79 Å². The molecule has 2 aliphatic rings. The van der Waals surface area contributed by atoms with Crippen LogP contribution in [0.25, 0.3) is 11.4 Å². The quantitative estimate of drug-likeness (QED) is 0.543. The summed E-state index contributed by atoms with van der Waals surface area (Å²) in [5.41, 5.74) is 4.21. The monoisotopic (exact) mass is 392 g/mol. The van der Waals surface area contributed by atoms with Crippen LogP contribution in [0.3, 0.4) is 0 Å². The van der Waals surface area contributed by atoms with Gasteiger partial charge in [0.1, 0.15) is 0 Å². The topological polar surface area (TPSA) is 83.0 Å². The molecule has 0 radical (unpaired) electrons. The van der Waals surface area contributed by atoms with Crippen LogP contribution in [0.15, 0.2) is 35.1 Å². The molecule has 0 amide bonds. The van der Waals surface area contributed by atoms with Crippen molar-refractivity contribution in [3.63, 3.8) is 0 Å². The summed E-state index contributed by atoms with van der Waals surface area (Å²) in [7, 11) is 1.66. The Labute approximate surface area is 169 Å². The second-order valence-corrected chi connectivity index (χ2v) is 7.99. The maximum atomic E-state index is 12.7. The average Bonchev–Trinajstić information content (AvgIpc) is 3.15. The summed E-state index contributed by atoms with van der Waals surface area (Å²) >= 11 is 0. The standard InChI is InChI=1S/C22H24N4O3/c1-28-9-8-26-13-18(12-23-26)20(27)11-16-5-4-15-10-17(6-7-19(15)16)21-24-22(29-25-21)14-2-3-14/h6-7,10,12-14,16H,2-5,8-9,11H2,1H3/t16-/m0/s1. The van der Waals surface area contributed by atoms with Gasteiger partial charge in [-0.05, 0) is 48.8 Å². The van der Waals surface area contributed by atoms with E-state index in [1.54, 1.807) is 18.0 Å². The van der Waals surface area contributed by atoms with E-state index in [1.165, 1.54) is 11.1 Å². The normalized spacial score (nSPS) is 18.2. The van der Waals surface area contributed by atoms with Gasteiger partial charge in [0.15, 0.2) is 5.78 Å². The third-order valence-corrected chi connectivity index (χ3v) is 5.88. The smallest absolute Gasteiger partial charge is 0.230 e. The van der Waals surface area contributed by atoms with E-state index in [0.717, 1.165) is 37.1 Å². The fraction of sp³-hybridized carbons (Fsp3) is 0.455. The zero-order valence-corrected chi connectivity index (χ0v) is 16.5. The van der Waals surface area contributed by atoms with Gasteiger partial charge in [-0.2, -0.15) is 10.1 Å². The Balaban J connectivity index is 1.28. The summed E-state index contributed by atoms with van der Waals surface area (Å²) in [6, 6.07) is 6.33. The van der Waals surface area contributed by atoms with E-state index in [4.69, 9.17) is 9.26 Å². The van der Waals surface area contributed by atoms with Gasteiger partial charge in [-0.15, -0.1) is 0 Å². The predicted molar refractivity (Wildman–Crippen MR) is 106 cm³/mol. The van der Waals surface area contributed by atoms with Gasteiger partial charge in [-0.3, -0.25) is 9.48 Å². The summed E-state index contributed by atoms with van der Waals surface area (Å²) in [6.07, 6.45) is 8.23. The van der Waals surface area contributed by atoms with E-state index in [-0.39, 0.29) is 11.7 Å². The summed E-state index contributed by atoms with van der Waals surface area (Å²) in [5.74, 6) is 2.27. The molecule has 0 N–H and O–H groups in total. The minimum Gasteiger partial charge on any atom is -0.383 e. The lowest BCUT2D eigenvalue weighted by Crippen LogP contribution is -2.06. The van der Waals surface area contributed by atoms with Crippen LogP contribution in [0.2, 0.25) is 0 Å². The molecule has 3 aromatic rings. The van der Waals surface area contributed by atoms with Crippen molar-refractivity contribution >= 4 is 5.78 Å². The number of benzene rings is 1. The third-order valence-electron chi connectivity index (χ3n) is 5.88. The minimum absolute atomic E-state index is 0.142. The Morgan fingerprint density at radius 2 is 2.21 bits per heavy atom. The number of carbonyl (C=O) groups excluding carboxylic acids is 1. The van der Waals surface area contributed by atoms with E-state index in [0.29, 0.717) is 36.9 Å². The van der Waals surface area contributed by atoms with E-state index < -0.39 is 0 Å². The molecule has 7 heteroatoms. The fourth-order valence-electron chi connectivity index (χ4n) is 4.06. The number of hydrogen-bond donors (Lipinski definition) is 0. The summed E-state index contributed by atoms with van der Waals surface area (Å²) < 4.78 is 12.2. The van der Waals surface area contributed by atoms with Gasteiger partial charge in [0.25, 0.3) is 0 Å². The number of rotatable bonds is 8. The van der Waals surface area contributed by atoms with Crippen LogP contribution in [-0.4, -0.2) is 39.4 Å². The molecular weight excluding hydrogens is 368 g/mol.